The van der Waals surface area contributed by atoms with Gasteiger partial charge in [0.15, 0.2) is 0 Å². The largest absolute Gasteiger partial charge is 0.352 e. The van der Waals surface area contributed by atoms with Crippen LogP contribution < -0.4 is 11.1 Å². The summed E-state index contributed by atoms with van der Waals surface area (Å²) in [7, 11) is 0. The van der Waals surface area contributed by atoms with E-state index in [4.69, 9.17) is 5.73 Å². The first-order chi connectivity index (χ1) is 6.69. The Balaban J connectivity index is 2.40. The van der Waals surface area contributed by atoms with E-state index < -0.39 is 0 Å². The summed E-state index contributed by atoms with van der Waals surface area (Å²) in [5, 5.41) is 3.02. The lowest BCUT2D eigenvalue weighted by molar-refractivity contribution is -0.126. The van der Waals surface area contributed by atoms with Gasteiger partial charge < -0.3 is 11.1 Å². The van der Waals surface area contributed by atoms with E-state index >= 15 is 0 Å². The van der Waals surface area contributed by atoms with Crippen LogP contribution in [-0.4, -0.2) is 18.5 Å². The Morgan fingerprint density at radius 1 is 1.57 bits per heavy atom. The molecule has 3 heteroatoms. The van der Waals surface area contributed by atoms with Gasteiger partial charge in [0.1, 0.15) is 0 Å². The molecule has 0 saturated heterocycles. The number of hydrogen-bond acceptors (Lipinski definition) is 2. The van der Waals surface area contributed by atoms with Gasteiger partial charge in [-0.05, 0) is 25.2 Å². The van der Waals surface area contributed by atoms with Crippen molar-refractivity contribution < 1.29 is 4.79 Å². The number of carbonyl (C=O) groups is 1. The number of hydrogen-bond donors (Lipinski definition) is 2. The molecule has 0 aromatic heterocycles. The molecule has 3 N–H and O–H groups in total. The summed E-state index contributed by atoms with van der Waals surface area (Å²) < 4.78 is 0. The normalized spacial score (nSPS) is 28.8. The maximum Gasteiger partial charge on any atom is 0.223 e. The fourth-order valence-electron chi connectivity index (χ4n) is 2.17. The molecule has 1 fully saturated rings. The Morgan fingerprint density at radius 2 is 2.29 bits per heavy atom. The molecule has 0 radical (unpaired) electrons. The molecule has 14 heavy (non-hydrogen) atoms. The summed E-state index contributed by atoms with van der Waals surface area (Å²) in [6.45, 7) is 4.76. The molecule has 1 rings (SSSR count). The summed E-state index contributed by atoms with van der Waals surface area (Å²) in [5.74, 6) is 0.994. The molecular formula is C11H22N2O. The quantitative estimate of drug-likeness (QED) is 0.715. The summed E-state index contributed by atoms with van der Waals surface area (Å²) in [6, 6.07) is 0.162. The lowest BCUT2D eigenvalue weighted by atomic mass is 9.97. The van der Waals surface area contributed by atoms with Crippen molar-refractivity contribution >= 4 is 5.91 Å². The Morgan fingerprint density at radius 3 is 2.71 bits per heavy atom. The molecule has 0 aromatic rings. The van der Waals surface area contributed by atoms with E-state index in [9.17, 15) is 4.79 Å². The van der Waals surface area contributed by atoms with Gasteiger partial charge in [0.25, 0.3) is 0 Å². The second kappa shape index (κ2) is 5.35. The zero-order valence-electron chi connectivity index (χ0n) is 9.25. The monoisotopic (exact) mass is 198 g/mol. The SMILES string of the molecule is CCC(CN)NC(=O)C1CCCC1C. The molecule has 3 unspecified atom stereocenters. The van der Waals surface area contributed by atoms with Crippen LogP contribution in [0.1, 0.15) is 39.5 Å². The van der Waals surface area contributed by atoms with Crippen LogP contribution in [0.25, 0.3) is 0 Å². The van der Waals surface area contributed by atoms with Gasteiger partial charge in [0.2, 0.25) is 5.91 Å². The minimum atomic E-state index is 0.162. The highest BCUT2D eigenvalue weighted by Gasteiger charge is 2.30. The molecule has 0 bridgehead atoms. The molecule has 0 aromatic carbocycles. The van der Waals surface area contributed by atoms with Gasteiger partial charge in [0.05, 0.1) is 0 Å². The van der Waals surface area contributed by atoms with Crippen molar-refractivity contribution in [3.8, 4) is 0 Å². The van der Waals surface area contributed by atoms with Crippen LogP contribution in [0.3, 0.4) is 0 Å². The number of nitrogens with one attached hydrogen (secondary N) is 1. The average Bonchev–Trinajstić information content (AvgIpc) is 2.60. The van der Waals surface area contributed by atoms with Gasteiger partial charge in [-0.2, -0.15) is 0 Å². The molecule has 0 aliphatic heterocycles. The number of amides is 1. The molecule has 3 atom stereocenters. The van der Waals surface area contributed by atoms with Crippen molar-refractivity contribution in [2.45, 2.75) is 45.6 Å². The van der Waals surface area contributed by atoms with E-state index in [0.29, 0.717) is 12.5 Å². The maximum absolute atomic E-state index is 11.8. The third kappa shape index (κ3) is 2.71. The van der Waals surface area contributed by atoms with E-state index in [1.54, 1.807) is 0 Å². The molecule has 1 saturated carbocycles. The lowest BCUT2D eigenvalue weighted by Crippen LogP contribution is -2.43. The van der Waals surface area contributed by atoms with E-state index in [1.165, 1.54) is 12.8 Å². The Kier molecular flexibility index (Phi) is 4.39. The standard InChI is InChI=1S/C11H22N2O/c1-3-9(7-12)13-11(14)10-6-4-5-8(10)2/h8-10H,3-7,12H2,1-2H3,(H,13,14). The molecule has 0 heterocycles. The lowest BCUT2D eigenvalue weighted by Gasteiger charge is -2.20. The van der Waals surface area contributed by atoms with Crippen LogP contribution in [0.2, 0.25) is 0 Å². The van der Waals surface area contributed by atoms with Crippen LogP contribution in [0.5, 0.6) is 0 Å². The van der Waals surface area contributed by atoms with Crippen LogP contribution in [0.15, 0.2) is 0 Å². The van der Waals surface area contributed by atoms with Gasteiger partial charge >= 0.3 is 0 Å². The van der Waals surface area contributed by atoms with Crippen LogP contribution in [0, 0.1) is 11.8 Å². The second-order valence-electron chi connectivity index (χ2n) is 4.36. The first kappa shape index (κ1) is 11.5. The highest BCUT2D eigenvalue weighted by molar-refractivity contribution is 5.79. The highest BCUT2D eigenvalue weighted by Crippen LogP contribution is 2.31. The number of carbonyl (C=O) groups excluding carboxylic acids is 1. The summed E-state index contributed by atoms with van der Waals surface area (Å²) in [6.07, 6.45) is 4.35. The fourth-order valence-corrected chi connectivity index (χ4v) is 2.17. The molecular weight excluding hydrogens is 176 g/mol. The molecule has 0 spiro atoms. The van der Waals surface area contributed by atoms with Gasteiger partial charge in [-0.1, -0.05) is 20.3 Å². The van der Waals surface area contributed by atoms with Crippen LogP contribution in [0.4, 0.5) is 0 Å². The van der Waals surface area contributed by atoms with E-state index in [2.05, 4.69) is 19.2 Å². The highest BCUT2D eigenvalue weighted by atomic mass is 16.2. The molecule has 82 valence electrons. The van der Waals surface area contributed by atoms with Gasteiger partial charge in [-0.3, -0.25) is 4.79 Å². The van der Waals surface area contributed by atoms with E-state index in [0.717, 1.165) is 12.8 Å². The minimum Gasteiger partial charge on any atom is -0.352 e. The predicted octanol–water partition coefficient (Wildman–Crippen LogP) is 1.28. The Bertz CT molecular complexity index is 190. The second-order valence-corrected chi connectivity index (χ2v) is 4.36. The maximum atomic E-state index is 11.8. The first-order valence-electron chi connectivity index (χ1n) is 5.69. The van der Waals surface area contributed by atoms with Gasteiger partial charge in [0, 0.05) is 18.5 Å². The average molecular weight is 198 g/mol. The third-order valence-corrected chi connectivity index (χ3v) is 3.32. The Labute approximate surface area is 86.4 Å². The van der Waals surface area contributed by atoms with Gasteiger partial charge in [-0.25, -0.2) is 0 Å². The topological polar surface area (TPSA) is 55.1 Å². The molecule has 1 amide bonds. The summed E-state index contributed by atoms with van der Waals surface area (Å²) in [5.41, 5.74) is 5.55. The van der Waals surface area contributed by atoms with Crippen molar-refractivity contribution in [1.29, 1.82) is 0 Å². The van der Waals surface area contributed by atoms with Crippen molar-refractivity contribution in [2.24, 2.45) is 17.6 Å². The smallest absolute Gasteiger partial charge is 0.223 e. The van der Waals surface area contributed by atoms with Crippen molar-refractivity contribution in [1.82, 2.24) is 5.32 Å². The zero-order valence-corrected chi connectivity index (χ0v) is 9.25. The van der Waals surface area contributed by atoms with Crippen molar-refractivity contribution in [3.63, 3.8) is 0 Å². The zero-order chi connectivity index (χ0) is 10.6. The summed E-state index contributed by atoms with van der Waals surface area (Å²) >= 11 is 0. The minimum absolute atomic E-state index is 0.162. The molecule has 1 aliphatic carbocycles. The van der Waals surface area contributed by atoms with Crippen LogP contribution in [-0.2, 0) is 4.79 Å². The van der Waals surface area contributed by atoms with Crippen molar-refractivity contribution in [3.05, 3.63) is 0 Å². The van der Waals surface area contributed by atoms with E-state index in [-0.39, 0.29) is 17.9 Å². The predicted molar refractivity (Wildman–Crippen MR) is 57.8 cm³/mol. The van der Waals surface area contributed by atoms with E-state index in [1.807, 2.05) is 0 Å². The first-order valence-corrected chi connectivity index (χ1v) is 5.69. The third-order valence-electron chi connectivity index (χ3n) is 3.32. The fraction of sp³-hybridized carbons (Fsp3) is 0.909. The van der Waals surface area contributed by atoms with Crippen LogP contribution >= 0.6 is 0 Å². The van der Waals surface area contributed by atoms with Gasteiger partial charge in [-0.15, -0.1) is 0 Å². The summed E-state index contributed by atoms with van der Waals surface area (Å²) in [4.78, 5) is 11.8. The molecule has 1 aliphatic rings. The van der Waals surface area contributed by atoms with Crippen molar-refractivity contribution in [2.75, 3.05) is 6.54 Å². The molecule has 3 nitrogen and oxygen atoms in total. The Hall–Kier alpha value is -0.570. The number of rotatable bonds is 4. The number of nitrogens with two attached hydrogens (primary N) is 1.